The van der Waals surface area contributed by atoms with Crippen LogP contribution in [0, 0.1) is 23.3 Å². The Kier molecular flexibility index (Phi) is 5.01. The maximum absolute atomic E-state index is 13.4. The summed E-state index contributed by atoms with van der Waals surface area (Å²) in [5.74, 6) is -16.9. The van der Waals surface area contributed by atoms with Crippen molar-refractivity contribution in [1.82, 2.24) is 0 Å². The van der Waals surface area contributed by atoms with Crippen molar-refractivity contribution in [3.05, 3.63) is 23.3 Å². The molecule has 0 aliphatic heterocycles. The Labute approximate surface area is 124 Å². The van der Waals surface area contributed by atoms with Gasteiger partial charge in [0.15, 0.2) is 23.3 Å². The van der Waals surface area contributed by atoms with Crippen LogP contribution in [0.4, 0.5) is 55.3 Å². The number of anilines is 2. The summed E-state index contributed by atoms with van der Waals surface area (Å²) in [5, 5.41) is 1.03. The third-order valence-electron chi connectivity index (χ3n) is 2.26. The lowest BCUT2D eigenvalue weighted by Crippen LogP contribution is -2.33. The van der Waals surface area contributed by atoms with E-state index in [-0.39, 0.29) is 0 Å². The molecule has 0 atom stereocenters. The van der Waals surface area contributed by atoms with Crippen LogP contribution in [0.15, 0.2) is 0 Å². The first-order chi connectivity index (χ1) is 10.7. The maximum atomic E-state index is 13.4. The zero-order valence-electron chi connectivity index (χ0n) is 10.6. The average Bonchev–Trinajstić information content (AvgIpc) is 2.43. The van der Waals surface area contributed by atoms with Gasteiger partial charge < -0.3 is 10.6 Å². The molecule has 0 saturated heterocycles. The number of nitrogens with one attached hydrogen (secondary N) is 2. The predicted octanol–water partition coefficient (Wildman–Crippen LogP) is 3.24. The number of carbonyl (C=O) groups is 2. The van der Waals surface area contributed by atoms with E-state index in [1.54, 1.807) is 0 Å². The Morgan fingerprint density at radius 3 is 1.04 bits per heavy atom. The van der Waals surface area contributed by atoms with E-state index in [1.807, 2.05) is 0 Å². The summed E-state index contributed by atoms with van der Waals surface area (Å²) >= 11 is 0. The van der Waals surface area contributed by atoms with Crippen molar-refractivity contribution in [2.75, 3.05) is 10.6 Å². The minimum atomic E-state index is -5.74. The van der Waals surface area contributed by atoms with Crippen molar-refractivity contribution in [2.24, 2.45) is 0 Å². The van der Waals surface area contributed by atoms with E-state index < -0.39 is 58.8 Å². The molecule has 0 spiro atoms. The van der Waals surface area contributed by atoms with E-state index in [4.69, 9.17) is 0 Å². The summed E-state index contributed by atoms with van der Waals surface area (Å²) in [6, 6.07) is 0. The Morgan fingerprint density at radius 1 is 0.583 bits per heavy atom. The Hall–Kier alpha value is -2.54. The highest BCUT2D eigenvalue weighted by Gasteiger charge is 2.43. The first-order valence-corrected chi connectivity index (χ1v) is 5.30. The fraction of sp³-hybridized carbons (Fsp3) is 0.200. The summed E-state index contributed by atoms with van der Waals surface area (Å²) < 4.78 is 125. The standard InChI is InChI=1S/C10H2F10N2O2/c11-1-2(12)4(14)6(22-8(24)10(18,19)20)5(3(1)13)21-7(23)9(15,16)17/h(H,21,23)(H,22,24). The van der Waals surface area contributed by atoms with Gasteiger partial charge in [-0.15, -0.1) is 0 Å². The molecule has 2 amide bonds. The summed E-state index contributed by atoms with van der Waals surface area (Å²) in [6.07, 6.45) is -11.5. The molecule has 0 bridgehead atoms. The monoisotopic (exact) mass is 372 g/mol. The van der Waals surface area contributed by atoms with Crippen molar-refractivity contribution >= 4 is 23.2 Å². The van der Waals surface area contributed by atoms with Gasteiger partial charge in [-0.2, -0.15) is 26.3 Å². The van der Waals surface area contributed by atoms with Crippen LogP contribution in [0.5, 0.6) is 0 Å². The van der Waals surface area contributed by atoms with E-state index in [0.717, 1.165) is 0 Å². The van der Waals surface area contributed by atoms with Gasteiger partial charge in [-0.3, -0.25) is 9.59 Å². The molecule has 1 rings (SSSR count). The highest BCUT2D eigenvalue weighted by molar-refractivity contribution is 6.03. The van der Waals surface area contributed by atoms with Gasteiger partial charge in [0.1, 0.15) is 11.4 Å². The summed E-state index contributed by atoms with van der Waals surface area (Å²) in [5.41, 5.74) is -4.35. The third-order valence-corrected chi connectivity index (χ3v) is 2.26. The highest BCUT2D eigenvalue weighted by atomic mass is 19.4. The lowest BCUT2D eigenvalue weighted by molar-refractivity contribution is -0.167. The minimum absolute atomic E-state index is 0.517. The van der Waals surface area contributed by atoms with Gasteiger partial charge in [-0.1, -0.05) is 0 Å². The molecule has 0 unspecified atom stereocenters. The summed E-state index contributed by atoms with van der Waals surface area (Å²) in [6.45, 7) is 0. The van der Waals surface area contributed by atoms with Crippen LogP contribution >= 0.6 is 0 Å². The maximum Gasteiger partial charge on any atom is 0.471 e. The van der Waals surface area contributed by atoms with Gasteiger partial charge in [0.05, 0.1) is 0 Å². The van der Waals surface area contributed by atoms with Crippen molar-refractivity contribution in [3.8, 4) is 0 Å². The molecule has 2 N–H and O–H groups in total. The van der Waals surface area contributed by atoms with Crippen LogP contribution in [-0.2, 0) is 9.59 Å². The number of hydrogen-bond donors (Lipinski definition) is 2. The van der Waals surface area contributed by atoms with Gasteiger partial charge in [0.2, 0.25) is 0 Å². The fourth-order valence-electron chi connectivity index (χ4n) is 1.24. The van der Waals surface area contributed by atoms with Gasteiger partial charge >= 0.3 is 24.2 Å². The number of hydrogen-bond acceptors (Lipinski definition) is 2. The van der Waals surface area contributed by atoms with Crippen molar-refractivity contribution in [1.29, 1.82) is 0 Å². The number of alkyl halides is 6. The van der Waals surface area contributed by atoms with E-state index in [9.17, 15) is 53.5 Å². The van der Waals surface area contributed by atoms with Crippen molar-refractivity contribution in [3.63, 3.8) is 0 Å². The SMILES string of the molecule is O=C(Nc1c(F)c(F)c(F)c(F)c1NC(=O)C(F)(F)F)C(F)(F)F. The first kappa shape index (κ1) is 19.5. The molecule has 0 fully saturated rings. The molecule has 24 heavy (non-hydrogen) atoms. The quantitative estimate of drug-likeness (QED) is 0.476. The normalized spacial score (nSPS) is 12.1. The van der Waals surface area contributed by atoms with E-state index in [2.05, 4.69) is 0 Å². The molecule has 0 heterocycles. The van der Waals surface area contributed by atoms with Crippen LogP contribution in [0.25, 0.3) is 0 Å². The second-order valence-electron chi connectivity index (χ2n) is 3.91. The highest BCUT2D eigenvalue weighted by Crippen LogP contribution is 2.35. The number of carbonyl (C=O) groups excluding carboxylic acids is 2. The number of benzene rings is 1. The molecule has 0 aromatic heterocycles. The second-order valence-corrected chi connectivity index (χ2v) is 3.91. The van der Waals surface area contributed by atoms with Crippen LogP contribution in [0.3, 0.4) is 0 Å². The van der Waals surface area contributed by atoms with Gasteiger partial charge in [0, 0.05) is 0 Å². The van der Waals surface area contributed by atoms with Crippen LogP contribution in [0.2, 0.25) is 0 Å². The van der Waals surface area contributed by atoms with Gasteiger partial charge in [-0.05, 0) is 0 Å². The molecular formula is C10H2F10N2O2. The topological polar surface area (TPSA) is 58.2 Å². The molecule has 0 radical (unpaired) electrons. The number of halogens is 10. The second kappa shape index (κ2) is 6.16. The van der Waals surface area contributed by atoms with Gasteiger partial charge in [0.25, 0.3) is 0 Å². The molecule has 14 heteroatoms. The average molecular weight is 372 g/mol. The lowest BCUT2D eigenvalue weighted by Gasteiger charge is -2.16. The molecule has 0 saturated carbocycles. The molecule has 4 nitrogen and oxygen atoms in total. The summed E-state index contributed by atoms with van der Waals surface area (Å²) in [7, 11) is 0. The van der Waals surface area contributed by atoms with E-state index >= 15 is 0 Å². The predicted molar refractivity (Wildman–Crippen MR) is 55.6 cm³/mol. The molecule has 1 aromatic carbocycles. The molecule has 134 valence electrons. The number of amides is 2. The smallest absolute Gasteiger partial charge is 0.314 e. The molecular weight excluding hydrogens is 370 g/mol. The van der Waals surface area contributed by atoms with Gasteiger partial charge in [-0.25, -0.2) is 17.6 Å². The van der Waals surface area contributed by atoms with E-state index in [0.29, 0.717) is 10.6 Å². The number of rotatable bonds is 2. The van der Waals surface area contributed by atoms with Crippen molar-refractivity contribution in [2.45, 2.75) is 12.4 Å². The van der Waals surface area contributed by atoms with Crippen LogP contribution in [-0.4, -0.2) is 24.2 Å². The Bertz CT molecular complexity index is 636. The zero-order valence-corrected chi connectivity index (χ0v) is 10.6. The Morgan fingerprint density at radius 2 is 0.833 bits per heavy atom. The van der Waals surface area contributed by atoms with Crippen LogP contribution < -0.4 is 10.6 Å². The zero-order chi connectivity index (χ0) is 19.0. The van der Waals surface area contributed by atoms with Crippen LogP contribution in [0.1, 0.15) is 0 Å². The lowest BCUT2D eigenvalue weighted by atomic mass is 10.2. The van der Waals surface area contributed by atoms with Crippen molar-refractivity contribution < 1.29 is 53.5 Å². The van der Waals surface area contributed by atoms with E-state index in [1.165, 1.54) is 0 Å². The third kappa shape index (κ3) is 3.86. The Balaban J connectivity index is 3.50. The molecule has 0 aliphatic rings. The molecule has 0 aliphatic carbocycles. The summed E-state index contributed by atoms with van der Waals surface area (Å²) in [4.78, 5) is 21.3. The largest absolute Gasteiger partial charge is 0.471 e. The fourth-order valence-corrected chi connectivity index (χ4v) is 1.24. The first-order valence-electron chi connectivity index (χ1n) is 5.30. The molecule has 1 aromatic rings. The minimum Gasteiger partial charge on any atom is -0.314 e.